The number of unbranched alkanes of at least 4 members (excludes halogenated alkanes) is 2. The van der Waals surface area contributed by atoms with Crippen LogP contribution in [-0.2, 0) is 10.2 Å². The van der Waals surface area contributed by atoms with E-state index in [1.54, 1.807) is 12.4 Å². The number of benzene rings is 2. The number of anilines is 1. The molecule has 7 nitrogen and oxygen atoms in total. The Bertz CT molecular complexity index is 1560. The van der Waals surface area contributed by atoms with Crippen molar-refractivity contribution in [1.82, 2.24) is 20.2 Å². The maximum Gasteiger partial charge on any atom is 0.405 e. The number of nitrogens with one attached hydrogen (secondary N) is 1. The quantitative estimate of drug-likeness (QED) is 0.192. The minimum Gasteiger partial charge on any atom is -0.437 e. The van der Waals surface area contributed by atoms with Crippen molar-refractivity contribution in [2.45, 2.75) is 37.3 Å². The van der Waals surface area contributed by atoms with Crippen LogP contribution in [0.15, 0.2) is 91.3 Å². The fraction of sp³-hybridized carbons (Fsp3) is 0.343. The third kappa shape index (κ3) is 6.81. The molecule has 6 rings (SSSR count). The predicted molar refractivity (Wildman–Crippen MR) is 167 cm³/mol. The van der Waals surface area contributed by atoms with Crippen LogP contribution in [0.25, 0.3) is 11.1 Å². The molecule has 1 N–H and O–H groups in total. The van der Waals surface area contributed by atoms with Gasteiger partial charge in [0.05, 0.1) is 6.20 Å². The van der Waals surface area contributed by atoms with Crippen LogP contribution >= 0.6 is 0 Å². The van der Waals surface area contributed by atoms with Gasteiger partial charge in [0.15, 0.2) is 0 Å². The number of hydrogen-bond donors (Lipinski definition) is 1. The van der Waals surface area contributed by atoms with Gasteiger partial charge in [0.2, 0.25) is 11.8 Å². The summed E-state index contributed by atoms with van der Waals surface area (Å²) in [5.74, 6) is 1.46. The summed E-state index contributed by atoms with van der Waals surface area (Å²) >= 11 is 0. The van der Waals surface area contributed by atoms with E-state index in [-0.39, 0.29) is 0 Å². The second kappa shape index (κ2) is 13.3. The van der Waals surface area contributed by atoms with Crippen molar-refractivity contribution >= 4 is 11.7 Å². The highest BCUT2D eigenvalue weighted by Crippen LogP contribution is 2.51. The van der Waals surface area contributed by atoms with E-state index in [0.29, 0.717) is 18.1 Å². The lowest BCUT2D eigenvalue weighted by Gasteiger charge is -2.35. The third-order valence-electron chi connectivity index (χ3n) is 8.69. The number of halogens is 3. The second-order valence-corrected chi connectivity index (χ2v) is 11.6. The molecule has 45 heavy (non-hydrogen) atoms. The highest BCUT2D eigenvalue weighted by atomic mass is 19.4. The van der Waals surface area contributed by atoms with Crippen LogP contribution < -0.4 is 15.0 Å². The molecule has 0 unspecified atom stereocenters. The summed E-state index contributed by atoms with van der Waals surface area (Å²) in [7, 11) is 0. The number of alkyl halides is 3. The lowest BCUT2D eigenvalue weighted by Crippen LogP contribution is -2.47. The van der Waals surface area contributed by atoms with Crippen molar-refractivity contribution in [1.29, 1.82) is 0 Å². The number of pyridine rings is 2. The molecule has 2 aromatic heterocycles. The first-order chi connectivity index (χ1) is 21.8. The number of fused-ring (bicyclic) bond motifs is 3. The van der Waals surface area contributed by atoms with Crippen LogP contribution in [0.4, 0.5) is 19.0 Å². The van der Waals surface area contributed by atoms with E-state index in [1.165, 1.54) is 0 Å². The van der Waals surface area contributed by atoms with E-state index in [9.17, 15) is 18.0 Å². The number of nitrogens with zero attached hydrogens (tertiary/aromatic N) is 4. The molecule has 2 aliphatic rings. The average molecular weight is 616 g/mol. The Balaban J connectivity index is 1.04. The van der Waals surface area contributed by atoms with Crippen molar-refractivity contribution in [3.63, 3.8) is 0 Å². The van der Waals surface area contributed by atoms with Crippen LogP contribution in [0.2, 0.25) is 0 Å². The highest BCUT2D eigenvalue weighted by molar-refractivity contribution is 6.00. The second-order valence-electron chi connectivity index (χ2n) is 11.6. The average Bonchev–Trinajstić information content (AvgIpc) is 3.35. The van der Waals surface area contributed by atoms with E-state index in [0.717, 1.165) is 80.1 Å². The lowest BCUT2D eigenvalue weighted by atomic mass is 9.73. The molecule has 1 fully saturated rings. The zero-order valence-corrected chi connectivity index (χ0v) is 25.0. The largest absolute Gasteiger partial charge is 0.437 e. The molecule has 0 bridgehead atoms. The highest BCUT2D eigenvalue weighted by Gasteiger charge is 2.49. The van der Waals surface area contributed by atoms with Crippen molar-refractivity contribution in [3.05, 3.63) is 102 Å². The van der Waals surface area contributed by atoms with E-state index in [1.807, 2.05) is 78.9 Å². The summed E-state index contributed by atoms with van der Waals surface area (Å²) in [5, 5.41) is 2.22. The molecule has 10 heteroatoms. The maximum absolute atomic E-state index is 13.7. The number of amides is 1. The van der Waals surface area contributed by atoms with Crippen molar-refractivity contribution in [2.24, 2.45) is 0 Å². The molecular weight excluding hydrogens is 579 g/mol. The fourth-order valence-corrected chi connectivity index (χ4v) is 6.55. The molecule has 4 aromatic rings. The van der Waals surface area contributed by atoms with Crippen LogP contribution in [0.3, 0.4) is 0 Å². The molecule has 1 saturated heterocycles. The zero-order valence-electron chi connectivity index (χ0n) is 25.0. The molecule has 1 amide bonds. The molecule has 2 aromatic carbocycles. The summed E-state index contributed by atoms with van der Waals surface area (Å²) < 4.78 is 45.2. The number of rotatable bonds is 11. The first-order valence-electron chi connectivity index (χ1n) is 15.4. The number of hydrogen-bond acceptors (Lipinski definition) is 6. The minimum atomic E-state index is -4.48. The molecule has 0 spiro atoms. The maximum atomic E-state index is 13.7. The number of piperazine rings is 1. The van der Waals surface area contributed by atoms with Gasteiger partial charge in [-0.2, -0.15) is 18.2 Å². The van der Waals surface area contributed by atoms with Crippen molar-refractivity contribution in [2.75, 3.05) is 44.2 Å². The smallest absolute Gasteiger partial charge is 0.405 e. The number of carbonyl (C=O) groups is 1. The Morgan fingerprint density at radius 2 is 1.56 bits per heavy atom. The minimum absolute atomic E-state index is 0.446. The topological polar surface area (TPSA) is 70.6 Å². The molecule has 0 saturated carbocycles. The molecular formula is C35H36F3N5O2. The third-order valence-corrected chi connectivity index (χ3v) is 8.69. The summed E-state index contributed by atoms with van der Waals surface area (Å²) in [6.07, 6.45) is 1.84. The molecule has 234 valence electrons. The SMILES string of the molecule is O=C(NCC(F)(F)F)C1(CCCCCN2CCN(c3cccc(Oc4cccnc4)n3)CC2)c2ccccc2-c2ccccc21. The lowest BCUT2D eigenvalue weighted by molar-refractivity contribution is -0.141. The number of ether oxygens (including phenoxy) is 1. The summed E-state index contributed by atoms with van der Waals surface area (Å²) in [6.45, 7) is 3.08. The van der Waals surface area contributed by atoms with Crippen LogP contribution in [0, 0.1) is 0 Å². The number of carbonyl (C=O) groups excluding carboxylic acids is 1. The van der Waals surface area contributed by atoms with Gasteiger partial charge in [-0.1, -0.05) is 67.4 Å². The zero-order chi connectivity index (χ0) is 31.3. The van der Waals surface area contributed by atoms with E-state index in [2.05, 4.69) is 25.1 Å². The molecule has 1 aliphatic carbocycles. The monoisotopic (exact) mass is 615 g/mol. The summed E-state index contributed by atoms with van der Waals surface area (Å²) in [5.41, 5.74) is 2.25. The Kier molecular flexibility index (Phi) is 9.02. The predicted octanol–water partition coefficient (Wildman–Crippen LogP) is 6.60. The summed E-state index contributed by atoms with van der Waals surface area (Å²) in [6, 6.07) is 24.6. The van der Waals surface area contributed by atoms with Crippen LogP contribution in [-0.4, -0.2) is 66.2 Å². The Labute approximate surface area is 261 Å². The van der Waals surface area contributed by atoms with Crippen molar-refractivity contribution in [3.8, 4) is 22.8 Å². The van der Waals surface area contributed by atoms with Gasteiger partial charge in [0.1, 0.15) is 23.5 Å². The van der Waals surface area contributed by atoms with Gasteiger partial charge in [0, 0.05) is 38.4 Å². The van der Waals surface area contributed by atoms with Gasteiger partial charge in [0.25, 0.3) is 0 Å². The van der Waals surface area contributed by atoms with Gasteiger partial charge in [-0.05, 0) is 59.8 Å². The van der Waals surface area contributed by atoms with Crippen LogP contribution in [0.5, 0.6) is 11.6 Å². The van der Waals surface area contributed by atoms with Gasteiger partial charge < -0.3 is 15.0 Å². The normalized spacial score (nSPS) is 15.8. The Hall–Kier alpha value is -4.44. The summed E-state index contributed by atoms with van der Waals surface area (Å²) in [4.78, 5) is 27.1. The van der Waals surface area contributed by atoms with Crippen molar-refractivity contribution < 1.29 is 22.7 Å². The molecule has 3 heterocycles. The molecule has 0 radical (unpaired) electrons. The standard InChI is InChI=1S/C35H36F3N5O2/c36-35(37,38)25-40-33(44)34(29-13-4-2-11-27(29)28-12-3-5-14-30(28)34)17-6-1-7-19-42-20-22-43(23-21-42)31-15-8-16-32(41-31)45-26-10-9-18-39-24-26/h2-5,8-16,18,24H,1,6-7,17,19-23,25H2,(H,40,44). The van der Waals surface area contributed by atoms with Gasteiger partial charge in [-0.25, -0.2) is 0 Å². The Morgan fingerprint density at radius 3 is 2.22 bits per heavy atom. The number of aromatic nitrogens is 2. The fourth-order valence-electron chi connectivity index (χ4n) is 6.55. The van der Waals surface area contributed by atoms with E-state index < -0.39 is 24.0 Å². The van der Waals surface area contributed by atoms with E-state index in [4.69, 9.17) is 4.74 Å². The van der Waals surface area contributed by atoms with Crippen LogP contribution in [0.1, 0.15) is 36.8 Å². The molecule has 1 aliphatic heterocycles. The van der Waals surface area contributed by atoms with Gasteiger partial charge in [-0.3, -0.25) is 14.7 Å². The molecule has 0 atom stereocenters. The first kappa shape index (κ1) is 30.6. The van der Waals surface area contributed by atoms with E-state index >= 15 is 0 Å². The van der Waals surface area contributed by atoms with Gasteiger partial charge >= 0.3 is 6.18 Å². The first-order valence-corrected chi connectivity index (χ1v) is 15.4. The Morgan fingerprint density at radius 1 is 0.844 bits per heavy atom. The van der Waals surface area contributed by atoms with Gasteiger partial charge in [-0.15, -0.1) is 0 Å².